The van der Waals surface area contributed by atoms with Gasteiger partial charge in [-0.15, -0.1) is 0 Å². The highest BCUT2D eigenvalue weighted by atomic mass is 79.9. The standard InChI is InChI=1S/C22H28BrF5O/c23-22(27,28)21-19(25)11-17(12-20(21)26)16-5-7-18(8-6-16)29-13-15-3-1-14(2-4-15)9-10-24/h11-12,14-16,18H,1-10,13H2. The average Bonchev–Trinajstić information content (AvgIpc) is 2.66. The molecular formula is C22H28BrF5O. The van der Waals surface area contributed by atoms with Gasteiger partial charge >= 0.3 is 4.83 Å². The Morgan fingerprint density at radius 1 is 0.897 bits per heavy atom. The van der Waals surface area contributed by atoms with Gasteiger partial charge in [0, 0.05) is 6.61 Å². The molecule has 164 valence electrons. The van der Waals surface area contributed by atoms with Crippen molar-refractivity contribution >= 4 is 15.9 Å². The second-order valence-corrected chi connectivity index (χ2v) is 9.52. The molecule has 0 heterocycles. The first-order valence-corrected chi connectivity index (χ1v) is 11.3. The normalized spacial score (nSPS) is 28.5. The van der Waals surface area contributed by atoms with Crippen molar-refractivity contribution in [3.05, 3.63) is 34.9 Å². The number of halogens is 6. The number of benzene rings is 1. The van der Waals surface area contributed by atoms with Crippen LogP contribution in [0.3, 0.4) is 0 Å². The molecule has 0 unspecified atom stereocenters. The Balaban J connectivity index is 1.46. The molecule has 2 saturated carbocycles. The third-order valence-corrected chi connectivity index (χ3v) is 6.94. The van der Waals surface area contributed by atoms with E-state index < -0.39 is 22.0 Å². The molecule has 1 aromatic rings. The number of hydrogen-bond acceptors (Lipinski definition) is 1. The maximum absolute atomic E-state index is 14.0. The minimum absolute atomic E-state index is 0.0482. The molecule has 2 aliphatic rings. The Labute approximate surface area is 177 Å². The molecule has 29 heavy (non-hydrogen) atoms. The second-order valence-electron chi connectivity index (χ2n) is 8.53. The van der Waals surface area contributed by atoms with Gasteiger partial charge in [0.1, 0.15) is 17.2 Å². The topological polar surface area (TPSA) is 9.23 Å². The van der Waals surface area contributed by atoms with Crippen LogP contribution >= 0.6 is 15.9 Å². The molecule has 0 aromatic heterocycles. The van der Waals surface area contributed by atoms with Crippen molar-refractivity contribution in [2.45, 2.75) is 74.6 Å². The van der Waals surface area contributed by atoms with E-state index in [9.17, 15) is 22.0 Å². The molecule has 0 radical (unpaired) electrons. The Morgan fingerprint density at radius 3 is 1.97 bits per heavy atom. The van der Waals surface area contributed by atoms with E-state index in [1.165, 1.54) is 0 Å². The predicted octanol–water partition coefficient (Wildman–Crippen LogP) is 7.62. The smallest absolute Gasteiger partial charge is 0.332 e. The van der Waals surface area contributed by atoms with Gasteiger partial charge in [-0.25, -0.2) is 8.78 Å². The molecule has 7 heteroatoms. The van der Waals surface area contributed by atoms with E-state index in [1.54, 1.807) is 0 Å². The Morgan fingerprint density at radius 2 is 1.45 bits per heavy atom. The lowest BCUT2D eigenvalue weighted by atomic mass is 9.80. The van der Waals surface area contributed by atoms with E-state index in [1.807, 2.05) is 15.9 Å². The van der Waals surface area contributed by atoms with Crippen LogP contribution in [-0.2, 0) is 9.57 Å². The molecule has 0 N–H and O–H groups in total. The lowest BCUT2D eigenvalue weighted by molar-refractivity contribution is -0.00495. The molecular weight excluding hydrogens is 455 g/mol. The molecule has 0 spiro atoms. The van der Waals surface area contributed by atoms with E-state index in [-0.39, 0.29) is 18.7 Å². The Kier molecular flexibility index (Phi) is 7.99. The van der Waals surface area contributed by atoms with Crippen LogP contribution in [-0.4, -0.2) is 19.4 Å². The van der Waals surface area contributed by atoms with Gasteiger partial charge in [-0.05, 0) is 96.3 Å². The maximum atomic E-state index is 14.0. The fraction of sp³-hybridized carbons (Fsp3) is 0.727. The van der Waals surface area contributed by atoms with Crippen molar-refractivity contribution in [3.63, 3.8) is 0 Å². The van der Waals surface area contributed by atoms with Crippen LogP contribution in [0.25, 0.3) is 0 Å². The Hall–Kier alpha value is -0.690. The molecule has 1 aromatic carbocycles. The SMILES string of the molecule is FCCC1CCC(COC2CCC(c3cc(F)c(C(F)(F)Br)c(F)c3)CC2)CC1. The largest absolute Gasteiger partial charge is 0.378 e. The number of alkyl halides is 4. The van der Waals surface area contributed by atoms with E-state index >= 15 is 0 Å². The maximum Gasteiger partial charge on any atom is 0.332 e. The van der Waals surface area contributed by atoms with E-state index in [2.05, 4.69) is 0 Å². The monoisotopic (exact) mass is 482 g/mol. The summed E-state index contributed by atoms with van der Waals surface area (Å²) in [6, 6.07) is 2.07. The van der Waals surface area contributed by atoms with Crippen molar-refractivity contribution in [1.29, 1.82) is 0 Å². The van der Waals surface area contributed by atoms with Crippen LogP contribution in [0, 0.1) is 23.5 Å². The summed E-state index contributed by atoms with van der Waals surface area (Å²) in [5.41, 5.74) is -0.801. The summed E-state index contributed by atoms with van der Waals surface area (Å²) in [5.74, 6) is -1.44. The molecule has 0 saturated heterocycles. The van der Waals surface area contributed by atoms with Crippen LogP contribution in [0.4, 0.5) is 22.0 Å². The summed E-state index contributed by atoms with van der Waals surface area (Å²) < 4.78 is 73.2. The summed E-state index contributed by atoms with van der Waals surface area (Å²) in [6.07, 6.45) is 8.16. The first kappa shape index (κ1) is 23.0. The zero-order valence-corrected chi connectivity index (χ0v) is 18.0. The molecule has 0 aliphatic heterocycles. The van der Waals surface area contributed by atoms with E-state index in [4.69, 9.17) is 4.74 Å². The van der Waals surface area contributed by atoms with Crippen LogP contribution < -0.4 is 0 Å². The molecule has 0 amide bonds. The Bertz CT molecular complexity index is 639. The molecule has 0 atom stereocenters. The lowest BCUT2D eigenvalue weighted by Crippen LogP contribution is -2.26. The van der Waals surface area contributed by atoms with Crippen LogP contribution in [0.1, 0.15) is 74.8 Å². The van der Waals surface area contributed by atoms with Gasteiger partial charge < -0.3 is 4.74 Å². The highest BCUT2D eigenvalue weighted by Gasteiger charge is 2.35. The van der Waals surface area contributed by atoms with Crippen molar-refractivity contribution in [3.8, 4) is 0 Å². The van der Waals surface area contributed by atoms with Crippen molar-refractivity contribution in [2.24, 2.45) is 11.8 Å². The zero-order valence-electron chi connectivity index (χ0n) is 16.4. The molecule has 3 rings (SSSR count). The van der Waals surface area contributed by atoms with Gasteiger partial charge in [-0.2, -0.15) is 8.78 Å². The zero-order chi connectivity index (χ0) is 21.0. The summed E-state index contributed by atoms with van der Waals surface area (Å²) >= 11 is 2.03. The lowest BCUT2D eigenvalue weighted by Gasteiger charge is -2.32. The van der Waals surface area contributed by atoms with Gasteiger partial charge in [0.05, 0.1) is 12.8 Å². The third-order valence-electron chi connectivity index (χ3n) is 6.54. The highest BCUT2D eigenvalue weighted by molar-refractivity contribution is 9.09. The quantitative estimate of drug-likeness (QED) is 0.286. The second kappa shape index (κ2) is 10.1. The number of ether oxygens (including phenoxy) is 1. The minimum atomic E-state index is -3.73. The van der Waals surface area contributed by atoms with E-state index in [0.717, 1.165) is 70.1 Å². The highest BCUT2D eigenvalue weighted by Crippen LogP contribution is 2.41. The first-order valence-electron chi connectivity index (χ1n) is 10.5. The third kappa shape index (κ3) is 6.16. The summed E-state index contributed by atoms with van der Waals surface area (Å²) in [6.45, 7) is 0.486. The fourth-order valence-corrected chi connectivity index (χ4v) is 5.15. The van der Waals surface area contributed by atoms with Gasteiger partial charge in [0.15, 0.2) is 0 Å². The summed E-state index contributed by atoms with van der Waals surface area (Å²) in [4.78, 5) is -3.73. The molecule has 2 fully saturated rings. The molecule has 2 aliphatic carbocycles. The molecule has 0 bridgehead atoms. The van der Waals surface area contributed by atoms with Crippen molar-refractivity contribution in [1.82, 2.24) is 0 Å². The predicted molar refractivity (Wildman–Crippen MR) is 106 cm³/mol. The summed E-state index contributed by atoms with van der Waals surface area (Å²) in [7, 11) is 0. The fourth-order valence-electron chi connectivity index (χ4n) is 4.78. The molecule has 1 nitrogen and oxygen atoms in total. The van der Waals surface area contributed by atoms with Crippen molar-refractivity contribution < 1.29 is 26.7 Å². The van der Waals surface area contributed by atoms with Gasteiger partial charge in [-0.3, -0.25) is 4.39 Å². The number of hydrogen-bond donors (Lipinski definition) is 0. The van der Waals surface area contributed by atoms with Crippen molar-refractivity contribution in [2.75, 3.05) is 13.3 Å². The van der Waals surface area contributed by atoms with Gasteiger partial charge in [0.25, 0.3) is 0 Å². The van der Waals surface area contributed by atoms with Gasteiger partial charge in [-0.1, -0.05) is 12.8 Å². The number of rotatable bonds is 7. The average molecular weight is 483 g/mol. The first-order chi connectivity index (χ1) is 13.8. The van der Waals surface area contributed by atoms with Crippen LogP contribution in [0.15, 0.2) is 12.1 Å². The van der Waals surface area contributed by atoms with Crippen LogP contribution in [0.2, 0.25) is 0 Å². The van der Waals surface area contributed by atoms with Crippen LogP contribution in [0.5, 0.6) is 0 Å². The van der Waals surface area contributed by atoms with Gasteiger partial charge in [0.2, 0.25) is 0 Å². The van der Waals surface area contributed by atoms with E-state index in [0.29, 0.717) is 23.8 Å². The minimum Gasteiger partial charge on any atom is -0.378 e. The summed E-state index contributed by atoms with van der Waals surface area (Å²) in [5, 5.41) is 0.